The van der Waals surface area contributed by atoms with E-state index in [9.17, 15) is 9.59 Å². The van der Waals surface area contributed by atoms with Gasteiger partial charge in [0.1, 0.15) is 11.4 Å². The third-order valence-corrected chi connectivity index (χ3v) is 5.78. The van der Waals surface area contributed by atoms with Crippen LogP contribution in [0.3, 0.4) is 0 Å². The van der Waals surface area contributed by atoms with Crippen LogP contribution in [0, 0.1) is 0 Å². The third kappa shape index (κ3) is 4.52. The summed E-state index contributed by atoms with van der Waals surface area (Å²) in [4.78, 5) is 26.5. The van der Waals surface area contributed by atoms with Crippen molar-refractivity contribution in [1.82, 2.24) is 9.78 Å². The van der Waals surface area contributed by atoms with Gasteiger partial charge in [-0.3, -0.25) is 9.59 Å². The summed E-state index contributed by atoms with van der Waals surface area (Å²) in [6.45, 7) is 0. The molecule has 3 aromatic carbocycles. The third-order valence-electron chi connectivity index (χ3n) is 4.72. The average molecular weight is 540 g/mol. The van der Waals surface area contributed by atoms with E-state index in [0.717, 1.165) is 8.95 Å². The molecule has 0 N–H and O–H groups in total. The summed E-state index contributed by atoms with van der Waals surface area (Å²) < 4.78 is 8.46. The van der Waals surface area contributed by atoms with Gasteiger partial charge < -0.3 is 4.74 Å². The molecule has 0 unspecified atom stereocenters. The SMILES string of the molecule is COc1ccc(-n2cc(C(=O)c3ccc(Br)cc3)c(C(=O)c3ccc(Br)cc3)n2)cc1. The molecule has 1 heterocycles. The molecule has 7 heteroatoms. The zero-order valence-corrected chi connectivity index (χ0v) is 19.6. The van der Waals surface area contributed by atoms with Gasteiger partial charge in [0.2, 0.25) is 5.78 Å². The highest BCUT2D eigenvalue weighted by atomic mass is 79.9. The van der Waals surface area contributed by atoms with Crippen LogP contribution in [0.15, 0.2) is 87.9 Å². The van der Waals surface area contributed by atoms with E-state index in [4.69, 9.17) is 4.74 Å². The van der Waals surface area contributed by atoms with Crippen LogP contribution in [0.25, 0.3) is 5.69 Å². The summed E-state index contributed by atoms with van der Waals surface area (Å²) >= 11 is 6.75. The van der Waals surface area contributed by atoms with Crippen molar-refractivity contribution >= 4 is 43.4 Å². The molecule has 31 heavy (non-hydrogen) atoms. The number of carbonyl (C=O) groups is 2. The molecule has 0 spiro atoms. The van der Waals surface area contributed by atoms with Gasteiger partial charge in [-0.05, 0) is 72.8 Å². The monoisotopic (exact) mass is 538 g/mol. The van der Waals surface area contributed by atoms with E-state index in [-0.39, 0.29) is 22.8 Å². The number of ketones is 2. The molecule has 0 aliphatic carbocycles. The summed E-state index contributed by atoms with van der Waals surface area (Å²) in [6, 6.07) is 21.2. The fraction of sp³-hybridized carbons (Fsp3) is 0.0417. The lowest BCUT2D eigenvalue weighted by Gasteiger charge is -2.03. The Morgan fingerprint density at radius 1 is 0.774 bits per heavy atom. The molecule has 0 saturated heterocycles. The quantitative estimate of drug-likeness (QED) is 0.287. The number of carbonyl (C=O) groups excluding carboxylic acids is 2. The summed E-state index contributed by atoms with van der Waals surface area (Å²) in [5.41, 5.74) is 1.98. The zero-order chi connectivity index (χ0) is 22.0. The van der Waals surface area contributed by atoms with Crippen molar-refractivity contribution in [1.29, 1.82) is 0 Å². The standard InChI is InChI=1S/C24H16Br2N2O3/c1-31-20-12-10-19(11-13-20)28-14-21(23(29)15-2-6-17(25)7-3-15)22(27-28)24(30)16-4-8-18(26)9-5-16/h2-14H,1H3. The lowest BCUT2D eigenvalue weighted by atomic mass is 9.99. The molecule has 0 atom stereocenters. The van der Waals surface area contributed by atoms with Crippen LogP contribution in [0.4, 0.5) is 0 Å². The highest BCUT2D eigenvalue weighted by Crippen LogP contribution is 2.23. The van der Waals surface area contributed by atoms with Gasteiger partial charge in [-0.15, -0.1) is 0 Å². The molecule has 4 rings (SSSR count). The topological polar surface area (TPSA) is 61.2 Å². The molecule has 0 amide bonds. The molecule has 154 valence electrons. The van der Waals surface area contributed by atoms with Crippen molar-refractivity contribution in [2.45, 2.75) is 0 Å². The summed E-state index contributed by atoms with van der Waals surface area (Å²) in [6.07, 6.45) is 1.60. The minimum atomic E-state index is -0.319. The molecule has 0 bridgehead atoms. The first-order valence-corrected chi connectivity index (χ1v) is 10.9. The smallest absolute Gasteiger partial charge is 0.214 e. The lowest BCUT2D eigenvalue weighted by molar-refractivity contribution is 0.100. The van der Waals surface area contributed by atoms with Crippen molar-refractivity contribution < 1.29 is 14.3 Å². The fourth-order valence-corrected chi connectivity index (χ4v) is 3.60. The molecule has 0 saturated carbocycles. The predicted molar refractivity (Wildman–Crippen MR) is 125 cm³/mol. The number of nitrogens with zero attached hydrogens (tertiary/aromatic N) is 2. The predicted octanol–water partition coefficient (Wildman–Crippen LogP) is 5.87. The molecule has 0 aliphatic heterocycles. The zero-order valence-electron chi connectivity index (χ0n) is 16.4. The summed E-state index contributed by atoms with van der Waals surface area (Å²) in [7, 11) is 1.59. The Morgan fingerprint density at radius 3 is 1.81 bits per heavy atom. The highest BCUT2D eigenvalue weighted by Gasteiger charge is 2.24. The van der Waals surface area contributed by atoms with Crippen LogP contribution in [-0.4, -0.2) is 28.5 Å². The maximum absolute atomic E-state index is 13.3. The first-order chi connectivity index (χ1) is 15.0. The Bertz CT molecular complexity index is 1170. The first kappa shape index (κ1) is 21.2. The van der Waals surface area contributed by atoms with Gasteiger partial charge in [-0.2, -0.15) is 5.10 Å². The van der Waals surface area contributed by atoms with Gasteiger partial charge in [0.05, 0.1) is 18.4 Å². The molecular weight excluding hydrogens is 524 g/mol. The Morgan fingerprint density at radius 2 is 1.29 bits per heavy atom. The number of halogens is 2. The number of methoxy groups -OCH3 is 1. The first-order valence-electron chi connectivity index (χ1n) is 9.31. The van der Waals surface area contributed by atoms with Gasteiger partial charge in [0.15, 0.2) is 5.78 Å². The van der Waals surface area contributed by atoms with Gasteiger partial charge in [-0.1, -0.05) is 31.9 Å². The Labute approximate surface area is 195 Å². The Hall–Kier alpha value is -3.03. The number of hydrogen-bond acceptors (Lipinski definition) is 4. The maximum Gasteiger partial charge on any atom is 0.214 e. The van der Waals surface area contributed by atoms with E-state index >= 15 is 0 Å². The van der Waals surface area contributed by atoms with Crippen LogP contribution in [0.2, 0.25) is 0 Å². The molecule has 0 fully saturated rings. The van der Waals surface area contributed by atoms with Crippen LogP contribution >= 0.6 is 31.9 Å². The number of aromatic nitrogens is 2. The number of rotatable bonds is 6. The fourth-order valence-electron chi connectivity index (χ4n) is 3.07. The minimum absolute atomic E-state index is 0.103. The molecule has 1 aromatic heterocycles. The average Bonchev–Trinajstić information content (AvgIpc) is 3.24. The minimum Gasteiger partial charge on any atom is -0.497 e. The van der Waals surface area contributed by atoms with E-state index in [1.807, 2.05) is 12.1 Å². The molecule has 0 radical (unpaired) electrons. The summed E-state index contributed by atoms with van der Waals surface area (Å²) in [5.74, 6) is 0.112. The Kier molecular flexibility index (Phi) is 6.15. The lowest BCUT2D eigenvalue weighted by Crippen LogP contribution is -2.10. The number of ether oxygens (including phenoxy) is 1. The largest absolute Gasteiger partial charge is 0.497 e. The van der Waals surface area contributed by atoms with Crippen LogP contribution in [0.5, 0.6) is 5.75 Å². The number of hydrogen-bond donors (Lipinski definition) is 0. The number of benzene rings is 3. The highest BCUT2D eigenvalue weighted by molar-refractivity contribution is 9.10. The molecule has 0 aliphatic rings. The van der Waals surface area contributed by atoms with Crippen LogP contribution in [0.1, 0.15) is 32.0 Å². The van der Waals surface area contributed by atoms with Crippen LogP contribution < -0.4 is 4.74 Å². The molecule has 5 nitrogen and oxygen atoms in total. The van der Waals surface area contributed by atoms with E-state index in [2.05, 4.69) is 37.0 Å². The van der Waals surface area contributed by atoms with Crippen LogP contribution in [-0.2, 0) is 0 Å². The van der Waals surface area contributed by atoms with E-state index in [0.29, 0.717) is 22.6 Å². The summed E-state index contributed by atoms with van der Waals surface area (Å²) in [5, 5.41) is 4.48. The van der Waals surface area contributed by atoms with Gasteiger partial charge in [0, 0.05) is 26.3 Å². The normalized spacial score (nSPS) is 10.7. The second-order valence-corrected chi connectivity index (χ2v) is 8.54. The van der Waals surface area contributed by atoms with Crippen molar-refractivity contribution in [3.63, 3.8) is 0 Å². The van der Waals surface area contributed by atoms with E-state index in [1.54, 1.807) is 74.0 Å². The maximum atomic E-state index is 13.3. The van der Waals surface area contributed by atoms with E-state index < -0.39 is 0 Å². The second-order valence-electron chi connectivity index (χ2n) is 6.71. The van der Waals surface area contributed by atoms with Crippen molar-refractivity contribution in [3.8, 4) is 11.4 Å². The molecule has 4 aromatic rings. The van der Waals surface area contributed by atoms with Gasteiger partial charge >= 0.3 is 0 Å². The second kappa shape index (κ2) is 8.99. The van der Waals surface area contributed by atoms with E-state index in [1.165, 1.54) is 4.68 Å². The molecular formula is C24H16Br2N2O3. The van der Waals surface area contributed by atoms with Crippen molar-refractivity contribution in [2.75, 3.05) is 7.11 Å². The van der Waals surface area contributed by atoms with Crippen molar-refractivity contribution in [2.24, 2.45) is 0 Å². The van der Waals surface area contributed by atoms with Crippen molar-refractivity contribution in [3.05, 3.63) is 110 Å². The van der Waals surface area contributed by atoms with Gasteiger partial charge in [0.25, 0.3) is 0 Å². The van der Waals surface area contributed by atoms with Gasteiger partial charge in [-0.25, -0.2) is 4.68 Å². The Balaban J connectivity index is 1.81.